The van der Waals surface area contributed by atoms with Crippen molar-refractivity contribution in [3.05, 3.63) is 35.7 Å². The lowest BCUT2D eigenvalue weighted by Gasteiger charge is -1.95. The Hall–Kier alpha value is -2.68. The van der Waals surface area contributed by atoms with E-state index in [1.807, 2.05) is 6.92 Å². The van der Waals surface area contributed by atoms with E-state index in [2.05, 4.69) is 21.4 Å². The normalized spacial score (nSPS) is 10.6. The highest BCUT2D eigenvalue weighted by molar-refractivity contribution is 5.55. The molecule has 0 radical (unpaired) electrons. The zero-order valence-corrected chi connectivity index (χ0v) is 8.95. The Morgan fingerprint density at radius 1 is 1.35 bits per heavy atom. The van der Waals surface area contributed by atoms with Crippen LogP contribution in [-0.2, 0) is 0 Å². The van der Waals surface area contributed by atoms with Gasteiger partial charge in [0.2, 0.25) is 11.6 Å². The minimum Gasteiger partial charge on any atom is -0.353 e. The quantitative estimate of drug-likeness (QED) is 0.627. The molecule has 3 aromatic rings. The van der Waals surface area contributed by atoms with Crippen LogP contribution in [0.3, 0.4) is 0 Å². The number of aromatic nitrogens is 4. The largest absolute Gasteiger partial charge is 0.353 e. The maximum Gasteiger partial charge on any atom is 0.207 e. The van der Waals surface area contributed by atoms with Gasteiger partial charge in [-0.3, -0.25) is 4.40 Å². The molecular formula is C11H7N5O. The third kappa shape index (κ3) is 1.45. The van der Waals surface area contributed by atoms with Gasteiger partial charge in [0.05, 0.1) is 11.3 Å². The van der Waals surface area contributed by atoms with E-state index >= 15 is 0 Å². The van der Waals surface area contributed by atoms with E-state index in [0.29, 0.717) is 22.8 Å². The van der Waals surface area contributed by atoms with Crippen LogP contribution in [0, 0.1) is 18.3 Å². The standard InChI is InChI=1S/C11H7N5O/c1-7-4-9(17-15-7)11-14-13-10-3-2-8(5-12)6-16(10)11/h2-4,6H,1H3. The predicted octanol–water partition coefficient (Wildman–Crippen LogP) is 1.56. The Morgan fingerprint density at radius 2 is 2.24 bits per heavy atom. The fraction of sp³-hybridized carbons (Fsp3) is 0.0909. The first-order chi connectivity index (χ1) is 8.28. The second-order valence-electron chi connectivity index (χ2n) is 3.61. The van der Waals surface area contributed by atoms with Gasteiger partial charge in [-0.25, -0.2) is 0 Å². The van der Waals surface area contributed by atoms with Crippen molar-refractivity contribution in [3.63, 3.8) is 0 Å². The molecule has 0 fully saturated rings. The molecule has 3 heterocycles. The van der Waals surface area contributed by atoms with E-state index < -0.39 is 0 Å². The molecule has 0 amide bonds. The minimum absolute atomic E-state index is 0.532. The summed E-state index contributed by atoms with van der Waals surface area (Å²) in [5, 5.41) is 20.7. The third-order valence-electron chi connectivity index (χ3n) is 2.38. The molecular weight excluding hydrogens is 218 g/mol. The third-order valence-corrected chi connectivity index (χ3v) is 2.38. The molecule has 0 aliphatic heterocycles. The van der Waals surface area contributed by atoms with E-state index in [4.69, 9.17) is 9.78 Å². The van der Waals surface area contributed by atoms with Crippen LogP contribution in [0.1, 0.15) is 11.3 Å². The Kier molecular flexibility index (Phi) is 1.92. The first-order valence-corrected chi connectivity index (χ1v) is 4.96. The number of hydrogen-bond acceptors (Lipinski definition) is 5. The highest BCUT2D eigenvalue weighted by Gasteiger charge is 2.12. The van der Waals surface area contributed by atoms with Crippen molar-refractivity contribution in [3.8, 4) is 17.7 Å². The monoisotopic (exact) mass is 225 g/mol. The Balaban J connectivity index is 2.27. The summed E-state index contributed by atoms with van der Waals surface area (Å²) in [4.78, 5) is 0. The average molecular weight is 225 g/mol. The van der Waals surface area contributed by atoms with Gasteiger partial charge in [0.1, 0.15) is 6.07 Å². The summed E-state index contributed by atoms with van der Waals surface area (Å²) in [7, 11) is 0. The van der Waals surface area contributed by atoms with Crippen molar-refractivity contribution in [1.82, 2.24) is 19.8 Å². The van der Waals surface area contributed by atoms with E-state index in [9.17, 15) is 0 Å². The van der Waals surface area contributed by atoms with Gasteiger partial charge in [0, 0.05) is 12.3 Å². The smallest absolute Gasteiger partial charge is 0.207 e. The molecule has 3 rings (SSSR count). The molecule has 0 saturated carbocycles. The van der Waals surface area contributed by atoms with Crippen LogP contribution in [0.4, 0.5) is 0 Å². The van der Waals surface area contributed by atoms with Crippen LogP contribution in [-0.4, -0.2) is 19.8 Å². The lowest BCUT2D eigenvalue weighted by molar-refractivity contribution is 0.424. The number of nitrogens with zero attached hydrogens (tertiary/aromatic N) is 5. The van der Waals surface area contributed by atoms with Crippen LogP contribution in [0.15, 0.2) is 28.9 Å². The predicted molar refractivity (Wildman–Crippen MR) is 57.9 cm³/mol. The molecule has 0 spiro atoms. The number of fused-ring (bicyclic) bond motifs is 1. The highest BCUT2D eigenvalue weighted by Crippen LogP contribution is 2.19. The SMILES string of the molecule is Cc1cc(-c2nnc3ccc(C#N)cn23)on1. The topological polar surface area (TPSA) is 80.0 Å². The van der Waals surface area contributed by atoms with Gasteiger partial charge >= 0.3 is 0 Å². The summed E-state index contributed by atoms with van der Waals surface area (Å²) in [5.74, 6) is 1.07. The number of nitriles is 1. The first-order valence-electron chi connectivity index (χ1n) is 4.96. The summed E-state index contributed by atoms with van der Waals surface area (Å²) in [6.45, 7) is 1.83. The summed E-state index contributed by atoms with van der Waals surface area (Å²) in [5.41, 5.74) is 1.97. The Morgan fingerprint density at radius 3 is 2.94 bits per heavy atom. The van der Waals surface area contributed by atoms with Crippen LogP contribution in [0.5, 0.6) is 0 Å². The van der Waals surface area contributed by atoms with Gasteiger partial charge in [0.15, 0.2) is 5.65 Å². The Labute approximate surface area is 96.1 Å². The zero-order chi connectivity index (χ0) is 11.8. The molecule has 0 bridgehead atoms. The molecule has 0 N–H and O–H groups in total. The van der Waals surface area contributed by atoms with Gasteiger partial charge in [-0.15, -0.1) is 10.2 Å². The maximum atomic E-state index is 8.86. The van der Waals surface area contributed by atoms with Gasteiger partial charge in [0.25, 0.3) is 0 Å². The summed E-state index contributed by atoms with van der Waals surface area (Å²) < 4.78 is 6.84. The second kappa shape index (κ2) is 3.42. The van der Waals surface area contributed by atoms with Crippen LogP contribution in [0.25, 0.3) is 17.2 Å². The van der Waals surface area contributed by atoms with Gasteiger partial charge in [-0.05, 0) is 19.1 Å². The highest BCUT2D eigenvalue weighted by atomic mass is 16.5. The number of pyridine rings is 1. The molecule has 17 heavy (non-hydrogen) atoms. The Bertz CT molecular complexity index is 734. The average Bonchev–Trinajstić information content (AvgIpc) is 2.93. The molecule has 0 aliphatic carbocycles. The van der Waals surface area contributed by atoms with Crippen molar-refractivity contribution in [2.45, 2.75) is 6.92 Å². The van der Waals surface area contributed by atoms with Crippen molar-refractivity contribution < 1.29 is 4.52 Å². The molecule has 0 aliphatic rings. The van der Waals surface area contributed by atoms with Gasteiger partial charge < -0.3 is 4.52 Å². The molecule has 0 atom stereocenters. The summed E-state index contributed by atoms with van der Waals surface area (Å²) >= 11 is 0. The number of hydrogen-bond donors (Lipinski definition) is 0. The van der Waals surface area contributed by atoms with E-state index in [1.165, 1.54) is 0 Å². The lowest BCUT2D eigenvalue weighted by atomic mass is 10.3. The molecule has 0 saturated heterocycles. The number of aryl methyl sites for hydroxylation is 1. The van der Waals surface area contributed by atoms with Crippen LogP contribution in [0.2, 0.25) is 0 Å². The van der Waals surface area contributed by atoms with Gasteiger partial charge in [-0.2, -0.15) is 5.26 Å². The van der Waals surface area contributed by atoms with E-state index in [1.54, 1.807) is 28.8 Å². The molecule has 3 aromatic heterocycles. The number of rotatable bonds is 1. The van der Waals surface area contributed by atoms with Crippen LogP contribution >= 0.6 is 0 Å². The molecule has 0 unspecified atom stereocenters. The summed E-state index contributed by atoms with van der Waals surface area (Å²) in [6.07, 6.45) is 1.67. The fourth-order valence-corrected chi connectivity index (χ4v) is 1.59. The molecule has 82 valence electrons. The maximum absolute atomic E-state index is 8.86. The second-order valence-corrected chi connectivity index (χ2v) is 3.61. The lowest BCUT2D eigenvalue weighted by Crippen LogP contribution is -1.89. The van der Waals surface area contributed by atoms with E-state index in [0.717, 1.165) is 5.69 Å². The minimum atomic E-state index is 0.532. The van der Waals surface area contributed by atoms with Gasteiger partial charge in [-0.1, -0.05) is 5.16 Å². The zero-order valence-electron chi connectivity index (χ0n) is 8.95. The molecule has 0 aromatic carbocycles. The van der Waals surface area contributed by atoms with Crippen molar-refractivity contribution >= 4 is 5.65 Å². The van der Waals surface area contributed by atoms with Crippen molar-refractivity contribution in [2.75, 3.05) is 0 Å². The van der Waals surface area contributed by atoms with E-state index in [-0.39, 0.29) is 0 Å². The van der Waals surface area contributed by atoms with Crippen molar-refractivity contribution in [2.24, 2.45) is 0 Å². The summed E-state index contributed by atoms with van der Waals surface area (Å²) in [6, 6.07) is 7.27. The first kappa shape index (κ1) is 9.54. The van der Waals surface area contributed by atoms with Crippen molar-refractivity contribution in [1.29, 1.82) is 5.26 Å². The molecule has 6 nitrogen and oxygen atoms in total. The van der Waals surface area contributed by atoms with Crippen LogP contribution < -0.4 is 0 Å². The fourth-order valence-electron chi connectivity index (χ4n) is 1.59. The molecule has 6 heteroatoms.